The van der Waals surface area contributed by atoms with E-state index in [0.717, 1.165) is 38.5 Å². The summed E-state index contributed by atoms with van der Waals surface area (Å²) < 4.78 is 0. The molecule has 6 aromatic rings. The second kappa shape index (κ2) is 9.80. The van der Waals surface area contributed by atoms with Crippen LogP contribution in [0.4, 0.5) is 17.1 Å². The van der Waals surface area contributed by atoms with Crippen molar-refractivity contribution in [3.05, 3.63) is 149 Å². The number of para-hydroxylation sites is 1. The summed E-state index contributed by atoms with van der Waals surface area (Å²) >= 11 is 1.76. The first-order chi connectivity index (χ1) is 21.3. The van der Waals surface area contributed by atoms with Gasteiger partial charge in [0.1, 0.15) is 0 Å². The molecular formula is C40H29NO2S. The molecule has 3 nitrogen and oxygen atoms in total. The molecular weight excluding hydrogens is 559 g/mol. The molecule has 0 N–H and O–H groups in total. The van der Waals surface area contributed by atoms with Gasteiger partial charge in [0.15, 0.2) is 11.6 Å². The lowest BCUT2D eigenvalue weighted by molar-refractivity contribution is 0.0990. The van der Waals surface area contributed by atoms with E-state index in [1.54, 1.807) is 17.8 Å². The third kappa shape index (κ3) is 3.91. The summed E-state index contributed by atoms with van der Waals surface area (Å²) in [6.07, 6.45) is 3.88. The zero-order valence-corrected chi connectivity index (χ0v) is 25.5. The number of carbonyl (C=O) groups excluding carboxylic acids is 2. The third-order valence-electron chi connectivity index (χ3n) is 9.20. The fraction of sp³-hybridized carbons (Fsp3) is 0.100. The van der Waals surface area contributed by atoms with Crippen LogP contribution in [0.2, 0.25) is 0 Å². The van der Waals surface area contributed by atoms with Gasteiger partial charge < -0.3 is 4.90 Å². The van der Waals surface area contributed by atoms with Crippen molar-refractivity contribution in [2.75, 3.05) is 11.2 Å². The van der Waals surface area contributed by atoms with E-state index in [1.165, 1.54) is 21.7 Å². The van der Waals surface area contributed by atoms with E-state index < -0.39 is 0 Å². The Labute approximate surface area is 260 Å². The molecule has 0 aromatic heterocycles. The molecule has 8 rings (SSSR count). The van der Waals surface area contributed by atoms with Crippen molar-refractivity contribution >= 4 is 68.0 Å². The number of Topliss-reactive ketones (excluding diaryl/α,β-unsaturated/α-hetero) is 2. The van der Waals surface area contributed by atoms with Crippen LogP contribution in [0.15, 0.2) is 126 Å². The van der Waals surface area contributed by atoms with Gasteiger partial charge in [-0.25, -0.2) is 0 Å². The first kappa shape index (κ1) is 26.7. The summed E-state index contributed by atoms with van der Waals surface area (Å²) in [6, 6.07) is 39.5. The highest BCUT2D eigenvalue weighted by molar-refractivity contribution is 7.98. The average molecular weight is 588 g/mol. The SMILES string of the molecule is CSc1ccc2c(c1)C(C)(C)c1c(ccc3cc(C=C4C(=O)c5cc6ccccc6cc5C4=O)ccc13)N2c1ccccc1. The maximum Gasteiger partial charge on any atom is 0.197 e. The predicted molar refractivity (Wildman–Crippen MR) is 183 cm³/mol. The highest BCUT2D eigenvalue weighted by Crippen LogP contribution is 2.54. The molecule has 44 heavy (non-hydrogen) atoms. The van der Waals surface area contributed by atoms with Gasteiger partial charge >= 0.3 is 0 Å². The maximum absolute atomic E-state index is 13.4. The molecule has 0 radical (unpaired) electrons. The minimum Gasteiger partial charge on any atom is -0.310 e. The van der Waals surface area contributed by atoms with Crippen LogP contribution in [-0.4, -0.2) is 17.8 Å². The lowest BCUT2D eigenvalue weighted by Crippen LogP contribution is -2.31. The van der Waals surface area contributed by atoms with Crippen LogP contribution >= 0.6 is 11.8 Å². The van der Waals surface area contributed by atoms with Crippen molar-refractivity contribution in [2.24, 2.45) is 0 Å². The van der Waals surface area contributed by atoms with Gasteiger partial charge in [0.2, 0.25) is 0 Å². The normalized spacial score (nSPS) is 15.0. The van der Waals surface area contributed by atoms with Crippen LogP contribution in [0.5, 0.6) is 0 Å². The third-order valence-corrected chi connectivity index (χ3v) is 9.92. The Kier molecular flexibility index (Phi) is 5.94. The Morgan fingerprint density at radius 3 is 2.00 bits per heavy atom. The van der Waals surface area contributed by atoms with Gasteiger partial charge in [0, 0.05) is 27.1 Å². The number of thioether (sulfide) groups is 1. The van der Waals surface area contributed by atoms with Crippen molar-refractivity contribution in [1.82, 2.24) is 0 Å². The average Bonchev–Trinajstić information content (AvgIpc) is 3.27. The summed E-state index contributed by atoms with van der Waals surface area (Å²) in [7, 11) is 0. The van der Waals surface area contributed by atoms with Gasteiger partial charge in [-0.2, -0.15) is 0 Å². The van der Waals surface area contributed by atoms with Crippen molar-refractivity contribution in [2.45, 2.75) is 24.2 Å². The number of anilines is 3. The molecule has 0 atom stereocenters. The van der Waals surface area contributed by atoms with E-state index in [0.29, 0.717) is 11.1 Å². The van der Waals surface area contributed by atoms with Gasteiger partial charge in [-0.1, -0.05) is 74.5 Å². The summed E-state index contributed by atoms with van der Waals surface area (Å²) in [5, 5.41) is 4.16. The van der Waals surface area contributed by atoms with Crippen molar-refractivity contribution in [3.8, 4) is 0 Å². The number of fused-ring (bicyclic) bond motifs is 6. The highest BCUT2D eigenvalue weighted by Gasteiger charge is 2.38. The molecule has 0 saturated carbocycles. The number of nitrogens with zero attached hydrogens (tertiary/aromatic N) is 1. The molecule has 0 unspecified atom stereocenters. The van der Waals surface area contributed by atoms with Crippen molar-refractivity contribution in [3.63, 3.8) is 0 Å². The zero-order valence-electron chi connectivity index (χ0n) is 24.7. The Hall–Kier alpha value is -4.93. The molecule has 0 fully saturated rings. The molecule has 1 aliphatic carbocycles. The highest BCUT2D eigenvalue weighted by atomic mass is 32.2. The quantitative estimate of drug-likeness (QED) is 0.117. The Morgan fingerprint density at radius 2 is 1.32 bits per heavy atom. The molecule has 0 bridgehead atoms. The van der Waals surface area contributed by atoms with Gasteiger partial charge in [-0.15, -0.1) is 11.8 Å². The largest absolute Gasteiger partial charge is 0.310 e. The van der Waals surface area contributed by atoms with E-state index in [-0.39, 0.29) is 22.6 Å². The van der Waals surface area contributed by atoms with E-state index in [1.807, 2.05) is 48.5 Å². The predicted octanol–water partition coefficient (Wildman–Crippen LogP) is 10.3. The smallest absolute Gasteiger partial charge is 0.197 e. The lowest BCUT2D eigenvalue weighted by Gasteiger charge is -2.43. The van der Waals surface area contributed by atoms with Crippen molar-refractivity contribution < 1.29 is 9.59 Å². The fourth-order valence-electron chi connectivity index (χ4n) is 7.03. The molecule has 2 aliphatic rings. The molecule has 0 amide bonds. The van der Waals surface area contributed by atoms with Crippen LogP contribution in [-0.2, 0) is 5.41 Å². The van der Waals surface area contributed by atoms with Crippen molar-refractivity contribution in [1.29, 1.82) is 0 Å². The number of hydrogen-bond acceptors (Lipinski definition) is 4. The second-order valence-electron chi connectivity index (χ2n) is 12.1. The monoisotopic (exact) mass is 587 g/mol. The molecule has 212 valence electrons. The first-order valence-corrected chi connectivity index (χ1v) is 16.0. The molecule has 0 spiro atoms. The maximum atomic E-state index is 13.4. The molecule has 1 heterocycles. The summed E-state index contributed by atoms with van der Waals surface area (Å²) in [5.41, 5.74) is 7.79. The lowest BCUT2D eigenvalue weighted by atomic mass is 9.71. The number of ketones is 2. The Balaban J connectivity index is 1.27. The van der Waals surface area contributed by atoms with E-state index in [4.69, 9.17) is 0 Å². The van der Waals surface area contributed by atoms with Gasteiger partial charge in [-0.3, -0.25) is 9.59 Å². The fourth-order valence-corrected chi connectivity index (χ4v) is 7.47. The van der Waals surface area contributed by atoms with E-state index in [2.05, 4.69) is 91.7 Å². The van der Waals surface area contributed by atoms with E-state index >= 15 is 0 Å². The minimum absolute atomic E-state index is 0.206. The van der Waals surface area contributed by atoms with Gasteiger partial charge in [0.25, 0.3) is 0 Å². The second-order valence-corrected chi connectivity index (χ2v) is 13.0. The standard InChI is InChI=1S/C40H29NO2S/c1-40(2)34-23-29(44-3)15-18-35(34)41(28-11-5-4-6-12-28)36-17-14-27-19-24(13-16-30(27)37(36)40)20-33-38(42)31-21-25-9-7-8-10-26(25)22-32(31)39(33)43/h4-23H,1-3H3. The molecule has 6 aromatic carbocycles. The summed E-state index contributed by atoms with van der Waals surface area (Å²) in [5.74, 6) is -0.413. The number of hydrogen-bond donors (Lipinski definition) is 0. The van der Waals surface area contributed by atoms with Crippen LogP contribution in [0, 0.1) is 0 Å². The van der Waals surface area contributed by atoms with Crippen LogP contribution in [0.1, 0.15) is 51.3 Å². The Morgan fingerprint density at radius 1 is 0.659 bits per heavy atom. The number of carbonyl (C=O) groups is 2. The minimum atomic E-state index is -0.262. The summed E-state index contributed by atoms with van der Waals surface area (Å²) in [6.45, 7) is 4.62. The Bertz CT molecular complexity index is 2170. The van der Waals surface area contributed by atoms with Gasteiger partial charge in [-0.05, 0) is 105 Å². The molecule has 1 aliphatic heterocycles. The topological polar surface area (TPSA) is 37.4 Å². The van der Waals surface area contributed by atoms with Crippen LogP contribution in [0.25, 0.3) is 27.6 Å². The molecule has 0 saturated heterocycles. The first-order valence-electron chi connectivity index (χ1n) is 14.8. The van der Waals surface area contributed by atoms with E-state index in [9.17, 15) is 9.59 Å². The van der Waals surface area contributed by atoms with Crippen LogP contribution in [0.3, 0.4) is 0 Å². The number of rotatable bonds is 3. The molecule has 4 heteroatoms. The number of allylic oxidation sites excluding steroid dienone is 1. The van der Waals surface area contributed by atoms with Gasteiger partial charge in [0.05, 0.1) is 16.9 Å². The zero-order chi connectivity index (χ0) is 30.2. The van der Waals surface area contributed by atoms with Crippen LogP contribution < -0.4 is 4.90 Å². The summed E-state index contributed by atoms with van der Waals surface area (Å²) in [4.78, 5) is 30.5. The number of benzene rings is 6.